The van der Waals surface area contributed by atoms with E-state index >= 15 is 0 Å². The molecule has 0 N–H and O–H groups in total. The topological polar surface area (TPSA) is 23.6 Å². The van der Waals surface area contributed by atoms with Gasteiger partial charge in [0.05, 0.1) is 0 Å². The molecule has 1 aromatic carbocycles. The number of amides is 1. The zero-order valence-electron chi connectivity index (χ0n) is 13.4. The number of rotatable bonds is 4. The average molecular weight is 286 g/mol. The minimum absolute atomic E-state index is 0.124. The largest absolute Gasteiger partial charge is 0.337 e. The lowest BCUT2D eigenvalue weighted by molar-refractivity contribution is -0.127. The summed E-state index contributed by atoms with van der Waals surface area (Å²) in [5.74, 6) is 0.665. The fourth-order valence-electron chi connectivity index (χ4n) is 2.55. The molecule has 0 aromatic heterocycles. The molecule has 1 heterocycles. The monoisotopic (exact) mass is 286 g/mol. The first-order chi connectivity index (χ1) is 10.1. The van der Waals surface area contributed by atoms with E-state index in [0.29, 0.717) is 5.92 Å². The highest BCUT2D eigenvalue weighted by Gasteiger charge is 2.17. The number of nitrogens with zero attached hydrogens (tertiary/aromatic N) is 2. The third-order valence-electron chi connectivity index (χ3n) is 4.15. The van der Waals surface area contributed by atoms with Crippen molar-refractivity contribution >= 4 is 12.0 Å². The van der Waals surface area contributed by atoms with Crippen molar-refractivity contribution < 1.29 is 4.79 Å². The van der Waals surface area contributed by atoms with Gasteiger partial charge in [-0.25, -0.2) is 0 Å². The minimum Gasteiger partial charge on any atom is -0.337 e. The Labute approximate surface area is 128 Å². The molecule has 1 aliphatic heterocycles. The minimum atomic E-state index is 0.124. The van der Waals surface area contributed by atoms with Crippen LogP contribution < -0.4 is 0 Å². The molecule has 1 aromatic rings. The van der Waals surface area contributed by atoms with Crippen LogP contribution in [-0.2, 0) is 4.79 Å². The van der Waals surface area contributed by atoms with Gasteiger partial charge >= 0.3 is 0 Å². The zero-order chi connectivity index (χ0) is 15.2. The predicted octanol–water partition coefficient (Wildman–Crippen LogP) is 2.99. The molecule has 3 heteroatoms. The molecule has 3 nitrogen and oxygen atoms in total. The van der Waals surface area contributed by atoms with Crippen LogP contribution in [0.5, 0.6) is 0 Å². The molecule has 2 rings (SSSR count). The van der Waals surface area contributed by atoms with E-state index in [1.165, 1.54) is 5.56 Å². The lowest BCUT2D eigenvalue weighted by Gasteiger charge is -2.33. The number of carbonyl (C=O) groups excluding carboxylic acids is 1. The predicted molar refractivity (Wildman–Crippen MR) is 88.3 cm³/mol. The van der Waals surface area contributed by atoms with Crippen LogP contribution in [0.15, 0.2) is 30.3 Å². The molecule has 0 spiro atoms. The molecule has 1 amide bonds. The zero-order valence-corrected chi connectivity index (χ0v) is 13.4. The molecule has 114 valence electrons. The summed E-state index contributed by atoms with van der Waals surface area (Å²) in [5, 5.41) is 0. The summed E-state index contributed by atoms with van der Waals surface area (Å²) in [6, 6.07) is 8.42. The first-order valence-electron chi connectivity index (χ1n) is 7.89. The van der Waals surface area contributed by atoms with E-state index in [9.17, 15) is 4.79 Å². The fourth-order valence-corrected chi connectivity index (χ4v) is 2.55. The summed E-state index contributed by atoms with van der Waals surface area (Å²) < 4.78 is 0. The van der Waals surface area contributed by atoms with Gasteiger partial charge in [-0.05, 0) is 29.7 Å². The maximum Gasteiger partial charge on any atom is 0.246 e. The Hall–Kier alpha value is -1.61. The van der Waals surface area contributed by atoms with E-state index in [-0.39, 0.29) is 5.91 Å². The van der Waals surface area contributed by atoms with E-state index in [1.54, 1.807) is 6.08 Å². The molecule has 0 radical (unpaired) electrons. The van der Waals surface area contributed by atoms with Crippen LogP contribution in [0.1, 0.15) is 37.8 Å². The van der Waals surface area contributed by atoms with Gasteiger partial charge in [0.25, 0.3) is 0 Å². The summed E-state index contributed by atoms with van der Waals surface area (Å²) in [5.41, 5.74) is 2.41. The standard InChI is InChI=1S/C18H26N2O/c1-4-19-11-13-20(14-12-19)18(21)10-7-16-5-8-17(9-6-16)15(2)3/h5-10,15H,4,11-14H2,1-3H3/b10-7+. The molecular formula is C18H26N2O. The van der Waals surface area contributed by atoms with Gasteiger partial charge in [-0.2, -0.15) is 0 Å². The Morgan fingerprint density at radius 3 is 2.29 bits per heavy atom. The first-order valence-corrected chi connectivity index (χ1v) is 7.89. The van der Waals surface area contributed by atoms with Crippen molar-refractivity contribution in [2.24, 2.45) is 0 Å². The molecule has 0 saturated carbocycles. The summed E-state index contributed by atoms with van der Waals surface area (Å²) >= 11 is 0. The average Bonchev–Trinajstić information content (AvgIpc) is 2.53. The first kappa shape index (κ1) is 15.8. The molecule has 21 heavy (non-hydrogen) atoms. The van der Waals surface area contributed by atoms with Crippen molar-refractivity contribution in [1.82, 2.24) is 9.80 Å². The van der Waals surface area contributed by atoms with Gasteiger partial charge in [-0.3, -0.25) is 4.79 Å². The number of benzene rings is 1. The molecule has 1 saturated heterocycles. The second-order valence-electron chi connectivity index (χ2n) is 5.91. The van der Waals surface area contributed by atoms with Crippen LogP contribution in [0, 0.1) is 0 Å². The van der Waals surface area contributed by atoms with E-state index in [4.69, 9.17) is 0 Å². The Morgan fingerprint density at radius 1 is 1.14 bits per heavy atom. The molecule has 0 atom stereocenters. The van der Waals surface area contributed by atoms with Gasteiger partial charge < -0.3 is 9.80 Å². The molecule has 1 aliphatic rings. The lowest BCUT2D eigenvalue weighted by atomic mass is 10.0. The number of hydrogen-bond acceptors (Lipinski definition) is 2. The fraction of sp³-hybridized carbons (Fsp3) is 0.500. The van der Waals surface area contributed by atoms with Crippen LogP contribution in [0.2, 0.25) is 0 Å². The summed E-state index contributed by atoms with van der Waals surface area (Å²) in [4.78, 5) is 16.5. The molecule has 0 bridgehead atoms. The van der Waals surface area contributed by atoms with E-state index < -0.39 is 0 Å². The summed E-state index contributed by atoms with van der Waals surface area (Å²) in [7, 11) is 0. The van der Waals surface area contributed by atoms with Gasteiger partial charge in [0.1, 0.15) is 0 Å². The highest BCUT2D eigenvalue weighted by atomic mass is 16.2. The second kappa shape index (κ2) is 7.41. The number of likely N-dealkylation sites (N-methyl/N-ethyl adjacent to an activating group) is 1. The van der Waals surface area contributed by atoms with Crippen LogP contribution >= 0.6 is 0 Å². The van der Waals surface area contributed by atoms with Gasteiger partial charge in [0.2, 0.25) is 5.91 Å². The molecular weight excluding hydrogens is 260 g/mol. The molecule has 0 aliphatic carbocycles. The van der Waals surface area contributed by atoms with Gasteiger partial charge in [0, 0.05) is 32.3 Å². The van der Waals surface area contributed by atoms with Crippen LogP contribution in [0.4, 0.5) is 0 Å². The van der Waals surface area contributed by atoms with Crippen molar-refractivity contribution in [2.45, 2.75) is 26.7 Å². The van der Waals surface area contributed by atoms with E-state index in [0.717, 1.165) is 38.3 Å². The Kier molecular flexibility index (Phi) is 5.57. The highest BCUT2D eigenvalue weighted by molar-refractivity contribution is 5.91. The summed E-state index contributed by atoms with van der Waals surface area (Å²) in [6.45, 7) is 11.2. The van der Waals surface area contributed by atoms with Gasteiger partial charge in [-0.1, -0.05) is 45.0 Å². The van der Waals surface area contributed by atoms with Crippen LogP contribution in [-0.4, -0.2) is 48.4 Å². The van der Waals surface area contributed by atoms with Crippen molar-refractivity contribution in [3.63, 3.8) is 0 Å². The third kappa shape index (κ3) is 4.43. The second-order valence-corrected chi connectivity index (χ2v) is 5.91. The van der Waals surface area contributed by atoms with Crippen LogP contribution in [0.3, 0.4) is 0 Å². The number of carbonyl (C=O) groups is 1. The van der Waals surface area contributed by atoms with Crippen LogP contribution in [0.25, 0.3) is 6.08 Å². The third-order valence-corrected chi connectivity index (χ3v) is 4.15. The maximum atomic E-state index is 12.2. The maximum absolute atomic E-state index is 12.2. The smallest absolute Gasteiger partial charge is 0.246 e. The van der Waals surface area contributed by atoms with Crippen molar-refractivity contribution in [3.8, 4) is 0 Å². The van der Waals surface area contributed by atoms with Gasteiger partial charge in [-0.15, -0.1) is 0 Å². The van der Waals surface area contributed by atoms with Crippen molar-refractivity contribution in [2.75, 3.05) is 32.7 Å². The Morgan fingerprint density at radius 2 is 1.76 bits per heavy atom. The summed E-state index contributed by atoms with van der Waals surface area (Å²) in [6.07, 6.45) is 3.62. The lowest BCUT2D eigenvalue weighted by Crippen LogP contribution is -2.48. The molecule has 0 unspecified atom stereocenters. The van der Waals surface area contributed by atoms with Gasteiger partial charge in [0.15, 0.2) is 0 Å². The Balaban J connectivity index is 1.90. The van der Waals surface area contributed by atoms with E-state index in [2.05, 4.69) is 49.9 Å². The Bertz CT molecular complexity index is 482. The van der Waals surface area contributed by atoms with Crippen molar-refractivity contribution in [1.29, 1.82) is 0 Å². The molecule has 1 fully saturated rings. The number of piperazine rings is 1. The van der Waals surface area contributed by atoms with Crippen molar-refractivity contribution in [3.05, 3.63) is 41.5 Å². The SMILES string of the molecule is CCN1CCN(C(=O)/C=C/c2ccc(C(C)C)cc2)CC1. The number of hydrogen-bond donors (Lipinski definition) is 0. The van der Waals surface area contributed by atoms with E-state index in [1.807, 2.05) is 11.0 Å². The normalized spacial score (nSPS) is 16.9. The quantitative estimate of drug-likeness (QED) is 0.794. The highest BCUT2D eigenvalue weighted by Crippen LogP contribution is 2.15.